The van der Waals surface area contributed by atoms with Crippen molar-refractivity contribution in [2.75, 3.05) is 18.0 Å². The largest absolute Gasteiger partial charge is 0.497 e. The van der Waals surface area contributed by atoms with Crippen molar-refractivity contribution in [3.63, 3.8) is 0 Å². The molecule has 1 amide bonds. The molecule has 1 N–H and O–H groups in total. The molecule has 0 saturated heterocycles. The van der Waals surface area contributed by atoms with Crippen LogP contribution >= 0.6 is 0 Å². The number of benzene rings is 3. The van der Waals surface area contributed by atoms with Crippen molar-refractivity contribution in [3.05, 3.63) is 93.0 Å². The highest BCUT2D eigenvalue weighted by Gasteiger charge is 2.30. The molecule has 10 heteroatoms. The Labute approximate surface area is 229 Å². The number of hydrogen-bond acceptors (Lipinski definition) is 6. The number of rotatable bonds is 10. The Bertz CT molecular complexity index is 1470. The molecule has 9 nitrogen and oxygen atoms in total. The molecule has 1 aliphatic rings. The minimum absolute atomic E-state index is 0.232. The number of methoxy groups -OCH3 is 1. The number of sulfonamides is 1. The Kier molecular flexibility index (Phi) is 8.54. The Hall–Kier alpha value is -3.92. The Morgan fingerprint density at radius 3 is 2.38 bits per heavy atom. The summed E-state index contributed by atoms with van der Waals surface area (Å²) in [6, 6.07) is 16.0. The lowest BCUT2D eigenvalue weighted by molar-refractivity contribution is -0.385. The fraction of sp³-hybridized carbons (Fsp3) is 0.345. The maximum absolute atomic E-state index is 13.8. The number of nitrogens with zero attached hydrogens (tertiary/aromatic N) is 2. The number of carbonyl (C=O) groups is 1. The standard InChI is InChI=1S/C29H33N3O6S/c1-4-27(23-11-10-21-7-5-6-8-22(21)17-23)30-29(33)19-31(24-12-14-25(38-3)15-13-24)39(36,37)26-16-9-20(2)28(18-26)32(34)35/h9-18,27H,4-8,19H2,1-3H3,(H,30,33)/t27-/m1/s1. The number of ether oxygens (including phenoxy) is 1. The summed E-state index contributed by atoms with van der Waals surface area (Å²) in [4.78, 5) is 23.9. The Morgan fingerprint density at radius 1 is 1.05 bits per heavy atom. The molecule has 0 saturated carbocycles. The molecule has 206 valence electrons. The summed E-state index contributed by atoms with van der Waals surface area (Å²) < 4.78 is 33.7. The third-order valence-corrected chi connectivity index (χ3v) is 8.90. The zero-order valence-electron chi connectivity index (χ0n) is 22.3. The second-order valence-electron chi connectivity index (χ2n) is 9.68. The van der Waals surface area contributed by atoms with Gasteiger partial charge < -0.3 is 10.1 Å². The van der Waals surface area contributed by atoms with E-state index in [1.165, 1.54) is 55.8 Å². The lowest BCUT2D eigenvalue weighted by Crippen LogP contribution is -2.42. The highest BCUT2D eigenvalue weighted by molar-refractivity contribution is 7.92. The van der Waals surface area contributed by atoms with Gasteiger partial charge in [-0.25, -0.2) is 8.42 Å². The van der Waals surface area contributed by atoms with E-state index in [2.05, 4.69) is 17.4 Å². The molecule has 0 bridgehead atoms. The van der Waals surface area contributed by atoms with Crippen LogP contribution in [0.25, 0.3) is 0 Å². The molecule has 0 unspecified atom stereocenters. The van der Waals surface area contributed by atoms with Crippen LogP contribution < -0.4 is 14.4 Å². The number of hydrogen-bond donors (Lipinski definition) is 1. The SMILES string of the molecule is CC[C@@H](NC(=O)CN(c1ccc(OC)cc1)S(=O)(=O)c1ccc(C)c([N+](=O)[O-])c1)c1ccc2c(c1)CCCC2. The van der Waals surface area contributed by atoms with E-state index in [0.717, 1.165) is 35.2 Å². The number of fused-ring (bicyclic) bond motifs is 1. The summed E-state index contributed by atoms with van der Waals surface area (Å²) >= 11 is 0. The zero-order valence-corrected chi connectivity index (χ0v) is 23.2. The number of amides is 1. The van der Waals surface area contributed by atoms with E-state index < -0.39 is 27.4 Å². The first-order valence-electron chi connectivity index (χ1n) is 13.0. The number of nitrogens with one attached hydrogen (secondary N) is 1. The predicted octanol–water partition coefficient (Wildman–Crippen LogP) is 5.25. The van der Waals surface area contributed by atoms with Gasteiger partial charge in [-0.15, -0.1) is 0 Å². The normalized spacial score (nSPS) is 13.7. The fourth-order valence-corrected chi connectivity index (χ4v) is 6.34. The minimum atomic E-state index is -4.33. The average molecular weight is 552 g/mol. The van der Waals surface area contributed by atoms with Gasteiger partial charge in [-0.2, -0.15) is 0 Å². The van der Waals surface area contributed by atoms with Gasteiger partial charge in [0.15, 0.2) is 0 Å². The highest BCUT2D eigenvalue weighted by Crippen LogP contribution is 2.30. The lowest BCUT2D eigenvalue weighted by Gasteiger charge is -2.26. The number of nitro benzene ring substituents is 1. The van der Waals surface area contributed by atoms with Crippen molar-refractivity contribution >= 4 is 27.3 Å². The minimum Gasteiger partial charge on any atom is -0.497 e. The van der Waals surface area contributed by atoms with Gasteiger partial charge in [-0.3, -0.25) is 19.2 Å². The van der Waals surface area contributed by atoms with E-state index in [-0.39, 0.29) is 22.3 Å². The van der Waals surface area contributed by atoms with Crippen LogP contribution in [0.4, 0.5) is 11.4 Å². The summed E-state index contributed by atoms with van der Waals surface area (Å²) in [5, 5.41) is 14.5. The van der Waals surface area contributed by atoms with Crippen molar-refractivity contribution in [3.8, 4) is 5.75 Å². The second kappa shape index (κ2) is 11.9. The number of nitro groups is 1. The maximum Gasteiger partial charge on any atom is 0.273 e. The molecule has 0 aromatic heterocycles. The van der Waals surface area contributed by atoms with E-state index in [9.17, 15) is 23.3 Å². The quantitative estimate of drug-likeness (QED) is 0.271. The summed E-state index contributed by atoms with van der Waals surface area (Å²) in [7, 11) is -2.84. The van der Waals surface area contributed by atoms with Gasteiger partial charge in [0.25, 0.3) is 15.7 Å². The highest BCUT2D eigenvalue weighted by atomic mass is 32.2. The molecular weight excluding hydrogens is 518 g/mol. The van der Waals surface area contributed by atoms with Gasteiger partial charge in [-0.1, -0.05) is 31.2 Å². The van der Waals surface area contributed by atoms with Crippen LogP contribution in [0, 0.1) is 17.0 Å². The van der Waals surface area contributed by atoms with Gasteiger partial charge in [0.1, 0.15) is 12.3 Å². The molecule has 0 heterocycles. The van der Waals surface area contributed by atoms with E-state index in [1.54, 1.807) is 12.1 Å². The molecule has 3 aromatic rings. The third-order valence-electron chi connectivity index (χ3n) is 7.13. The number of carbonyl (C=O) groups excluding carboxylic acids is 1. The topological polar surface area (TPSA) is 119 Å². The van der Waals surface area contributed by atoms with E-state index in [1.807, 2.05) is 13.0 Å². The molecule has 0 fully saturated rings. The zero-order chi connectivity index (χ0) is 28.2. The van der Waals surface area contributed by atoms with Gasteiger partial charge >= 0.3 is 0 Å². The first kappa shape index (κ1) is 28.1. The second-order valence-corrected chi connectivity index (χ2v) is 11.5. The monoisotopic (exact) mass is 551 g/mol. The number of aryl methyl sites for hydroxylation is 3. The van der Waals surface area contributed by atoms with Gasteiger partial charge in [0, 0.05) is 11.6 Å². The van der Waals surface area contributed by atoms with Crippen LogP contribution in [-0.2, 0) is 27.7 Å². The van der Waals surface area contributed by atoms with Gasteiger partial charge in [0.2, 0.25) is 5.91 Å². The molecule has 0 aliphatic heterocycles. The van der Waals surface area contributed by atoms with Crippen LogP contribution in [0.15, 0.2) is 65.6 Å². The maximum atomic E-state index is 13.8. The molecule has 0 spiro atoms. The summed E-state index contributed by atoms with van der Waals surface area (Å²) in [6.45, 7) is 3.00. The molecule has 1 aliphatic carbocycles. The van der Waals surface area contributed by atoms with Crippen molar-refractivity contribution < 1.29 is 22.9 Å². The van der Waals surface area contributed by atoms with Crippen LogP contribution in [0.1, 0.15) is 54.5 Å². The average Bonchev–Trinajstić information content (AvgIpc) is 2.94. The van der Waals surface area contributed by atoms with Gasteiger partial charge in [0.05, 0.1) is 28.7 Å². The Balaban J connectivity index is 1.64. The first-order valence-corrected chi connectivity index (χ1v) is 14.4. The molecule has 0 radical (unpaired) electrons. The molecule has 1 atom stereocenters. The van der Waals surface area contributed by atoms with Crippen molar-refractivity contribution in [1.82, 2.24) is 5.32 Å². The predicted molar refractivity (Wildman–Crippen MR) is 150 cm³/mol. The van der Waals surface area contributed by atoms with Crippen LogP contribution in [0.5, 0.6) is 5.75 Å². The molecule has 39 heavy (non-hydrogen) atoms. The van der Waals surface area contributed by atoms with E-state index in [4.69, 9.17) is 4.74 Å². The van der Waals surface area contributed by atoms with Crippen LogP contribution in [0.2, 0.25) is 0 Å². The smallest absolute Gasteiger partial charge is 0.273 e. The molecular formula is C29H33N3O6S. The Morgan fingerprint density at radius 2 is 1.74 bits per heavy atom. The fourth-order valence-electron chi connectivity index (χ4n) is 4.90. The first-order chi connectivity index (χ1) is 18.6. The summed E-state index contributed by atoms with van der Waals surface area (Å²) in [5.41, 5.74) is 3.89. The van der Waals surface area contributed by atoms with E-state index in [0.29, 0.717) is 17.7 Å². The third kappa shape index (κ3) is 6.22. The van der Waals surface area contributed by atoms with Crippen molar-refractivity contribution in [1.29, 1.82) is 0 Å². The van der Waals surface area contributed by atoms with Crippen LogP contribution in [0.3, 0.4) is 0 Å². The van der Waals surface area contributed by atoms with Crippen molar-refractivity contribution in [2.24, 2.45) is 0 Å². The summed E-state index contributed by atoms with van der Waals surface area (Å²) in [5.74, 6) is 0.0329. The van der Waals surface area contributed by atoms with Crippen LogP contribution in [-0.4, -0.2) is 32.9 Å². The number of anilines is 1. The van der Waals surface area contributed by atoms with Gasteiger partial charge in [-0.05, 0) is 86.1 Å². The molecule has 4 rings (SSSR count). The van der Waals surface area contributed by atoms with Crippen molar-refractivity contribution in [2.45, 2.75) is 56.9 Å². The summed E-state index contributed by atoms with van der Waals surface area (Å²) in [6.07, 6.45) is 5.03. The lowest BCUT2D eigenvalue weighted by atomic mass is 9.89. The molecule has 3 aromatic carbocycles. The van der Waals surface area contributed by atoms with E-state index >= 15 is 0 Å².